The second kappa shape index (κ2) is 10.0. The number of fused-ring (bicyclic) bond motifs is 1. The maximum Gasteiger partial charge on any atom is 0.337 e. The third kappa shape index (κ3) is 4.60. The van der Waals surface area contributed by atoms with Crippen LogP contribution in [0, 0.1) is 18.3 Å². The highest BCUT2D eigenvalue weighted by Crippen LogP contribution is 2.37. The number of benzene rings is 3. The number of hydrogen-bond donors (Lipinski definition) is 3. The van der Waals surface area contributed by atoms with Crippen LogP contribution in [0.4, 0.5) is 11.6 Å². The van der Waals surface area contributed by atoms with E-state index in [1.807, 2.05) is 48.2 Å². The maximum atomic E-state index is 13.2. The van der Waals surface area contributed by atoms with Gasteiger partial charge in [0, 0.05) is 24.7 Å². The predicted molar refractivity (Wildman–Crippen MR) is 146 cm³/mol. The van der Waals surface area contributed by atoms with Crippen LogP contribution in [0.5, 0.6) is 0 Å². The number of carboxylic acids is 1. The van der Waals surface area contributed by atoms with Crippen molar-refractivity contribution in [3.63, 3.8) is 0 Å². The fourth-order valence-corrected chi connectivity index (χ4v) is 5.18. The van der Waals surface area contributed by atoms with Gasteiger partial charge in [-0.1, -0.05) is 42.5 Å². The van der Waals surface area contributed by atoms with Gasteiger partial charge in [-0.05, 0) is 55.2 Å². The number of para-hydroxylation sites is 1. The van der Waals surface area contributed by atoms with Crippen molar-refractivity contribution in [2.75, 3.05) is 23.3 Å². The predicted octanol–water partition coefficient (Wildman–Crippen LogP) is 4.93. The molecule has 5 rings (SSSR count). The zero-order valence-electron chi connectivity index (χ0n) is 21.0. The van der Waals surface area contributed by atoms with Crippen molar-refractivity contribution in [1.82, 2.24) is 0 Å². The molecule has 0 amide bonds. The summed E-state index contributed by atoms with van der Waals surface area (Å²) in [5.41, 5.74) is 8.93. The molecule has 8 heteroatoms. The van der Waals surface area contributed by atoms with Crippen molar-refractivity contribution in [2.45, 2.75) is 31.3 Å². The lowest BCUT2D eigenvalue weighted by molar-refractivity contribution is 0.0698. The van der Waals surface area contributed by atoms with Crippen LogP contribution in [-0.4, -0.2) is 24.2 Å². The molecule has 1 saturated heterocycles. The highest BCUT2D eigenvalue weighted by atomic mass is 16.4. The first-order valence-corrected chi connectivity index (χ1v) is 12.5. The number of piperidine rings is 1. The Kier molecular flexibility index (Phi) is 6.62. The lowest BCUT2D eigenvalue weighted by Gasteiger charge is -2.37. The summed E-state index contributed by atoms with van der Waals surface area (Å²) in [5.74, 6) is -0.650. The number of hydrogen-bond acceptors (Lipinski definition) is 7. The summed E-state index contributed by atoms with van der Waals surface area (Å²) in [6, 6.07) is 23.9. The van der Waals surface area contributed by atoms with Crippen LogP contribution in [0.25, 0.3) is 11.0 Å². The molecule has 192 valence electrons. The number of carboxylic acid groups (broad SMARTS) is 1. The molecular formula is C30H28N4O4. The number of nitrogens with one attached hydrogen (secondary N) is 1. The SMILES string of the molecule is Cc1cc(C(N)Nc2ccccc2C(=O)O)c2oc(N3CCC(C#N)(c4ccccc4)CC3)cc(=O)c2c1. The Morgan fingerprint density at radius 3 is 2.47 bits per heavy atom. The number of anilines is 2. The molecule has 4 N–H and O–H groups in total. The third-order valence-electron chi connectivity index (χ3n) is 7.26. The van der Waals surface area contributed by atoms with Crippen molar-refractivity contribution < 1.29 is 14.3 Å². The molecule has 0 saturated carbocycles. The molecular weight excluding hydrogens is 480 g/mol. The highest BCUT2D eigenvalue weighted by molar-refractivity contribution is 5.94. The second-order valence-corrected chi connectivity index (χ2v) is 9.70. The van der Waals surface area contributed by atoms with Gasteiger partial charge in [-0.2, -0.15) is 5.26 Å². The lowest BCUT2D eigenvalue weighted by atomic mass is 9.74. The largest absolute Gasteiger partial charge is 0.478 e. The number of aromatic carboxylic acids is 1. The first-order valence-electron chi connectivity index (χ1n) is 12.5. The van der Waals surface area contributed by atoms with Crippen molar-refractivity contribution in [1.29, 1.82) is 5.26 Å². The normalized spacial score (nSPS) is 15.6. The third-order valence-corrected chi connectivity index (χ3v) is 7.26. The average Bonchev–Trinajstić information content (AvgIpc) is 2.93. The fourth-order valence-electron chi connectivity index (χ4n) is 5.18. The number of carbonyl (C=O) groups is 1. The molecule has 1 atom stereocenters. The zero-order chi connectivity index (χ0) is 26.9. The Morgan fingerprint density at radius 1 is 1.11 bits per heavy atom. The van der Waals surface area contributed by atoms with Crippen molar-refractivity contribution in [3.8, 4) is 6.07 Å². The first-order chi connectivity index (χ1) is 18.3. The number of aryl methyl sites for hydroxylation is 1. The summed E-state index contributed by atoms with van der Waals surface area (Å²) in [6.07, 6.45) is 0.369. The Labute approximate surface area is 219 Å². The van der Waals surface area contributed by atoms with Gasteiger partial charge in [0.25, 0.3) is 0 Å². The maximum absolute atomic E-state index is 13.2. The van der Waals surface area contributed by atoms with Crippen LogP contribution in [-0.2, 0) is 5.41 Å². The lowest BCUT2D eigenvalue weighted by Crippen LogP contribution is -2.42. The fraction of sp³-hybridized carbons (Fsp3) is 0.233. The molecule has 1 aromatic heterocycles. The van der Waals surface area contributed by atoms with Gasteiger partial charge in [0.2, 0.25) is 0 Å². The summed E-state index contributed by atoms with van der Waals surface area (Å²) in [7, 11) is 0. The zero-order valence-corrected chi connectivity index (χ0v) is 21.0. The molecule has 0 aliphatic carbocycles. The minimum Gasteiger partial charge on any atom is -0.478 e. The summed E-state index contributed by atoms with van der Waals surface area (Å²) in [4.78, 5) is 26.8. The average molecular weight is 509 g/mol. The molecule has 38 heavy (non-hydrogen) atoms. The summed E-state index contributed by atoms with van der Waals surface area (Å²) >= 11 is 0. The van der Waals surface area contributed by atoms with E-state index in [-0.39, 0.29) is 11.0 Å². The van der Waals surface area contributed by atoms with Gasteiger partial charge in [0.05, 0.1) is 28.1 Å². The number of nitrogens with zero attached hydrogens (tertiary/aromatic N) is 2. The number of rotatable bonds is 6. The van der Waals surface area contributed by atoms with E-state index in [4.69, 9.17) is 10.2 Å². The van der Waals surface area contributed by atoms with E-state index in [2.05, 4.69) is 11.4 Å². The standard InChI is InChI=1S/C30H28N4O4/c1-19-15-22-25(35)17-26(34-13-11-30(18-31,12-14-34)20-7-3-2-4-8-20)38-27(22)23(16-19)28(32)33-24-10-6-5-9-21(24)29(36)37/h2-10,15-17,28,33H,11-14,32H2,1H3,(H,36,37). The molecule has 1 fully saturated rings. The smallest absolute Gasteiger partial charge is 0.337 e. The Balaban J connectivity index is 1.48. The van der Waals surface area contributed by atoms with E-state index < -0.39 is 17.6 Å². The summed E-state index contributed by atoms with van der Waals surface area (Å²) < 4.78 is 6.32. The molecule has 3 aromatic carbocycles. The molecule has 1 aliphatic rings. The van der Waals surface area contributed by atoms with Crippen LogP contribution in [0.1, 0.15) is 46.1 Å². The molecule has 1 aliphatic heterocycles. The monoisotopic (exact) mass is 508 g/mol. The number of nitriles is 1. The van der Waals surface area contributed by atoms with Gasteiger partial charge in [-0.25, -0.2) is 4.79 Å². The van der Waals surface area contributed by atoms with E-state index in [1.54, 1.807) is 24.3 Å². The van der Waals surface area contributed by atoms with Gasteiger partial charge in [-0.3, -0.25) is 4.79 Å². The molecule has 4 aromatic rings. The molecule has 1 unspecified atom stereocenters. The van der Waals surface area contributed by atoms with Crippen LogP contribution in [0.15, 0.2) is 82.0 Å². The van der Waals surface area contributed by atoms with E-state index in [0.717, 1.165) is 11.1 Å². The Bertz CT molecular complexity index is 1600. The number of nitrogens with two attached hydrogens (primary N) is 1. The van der Waals surface area contributed by atoms with Crippen LogP contribution >= 0.6 is 0 Å². The van der Waals surface area contributed by atoms with E-state index >= 15 is 0 Å². The van der Waals surface area contributed by atoms with Crippen molar-refractivity contribution >= 4 is 28.5 Å². The quantitative estimate of drug-likeness (QED) is 0.312. The molecule has 2 heterocycles. The molecule has 0 bridgehead atoms. The minimum atomic E-state index is -1.07. The van der Waals surface area contributed by atoms with Crippen LogP contribution < -0.4 is 21.4 Å². The molecule has 0 spiro atoms. The molecule has 8 nitrogen and oxygen atoms in total. The van der Waals surface area contributed by atoms with Gasteiger partial charge in [0.15, 0.2) is 11.3 Å². The van der Waals surface area contributed by atoms with E-state index in [9.17, 15) is 20.0 Å². The van der Waals surface area contributed by atoms with E-state index in [1.165, 1.54) is 12.1 Å². The highest BCUT2D eigenvalue weighted by Gasteiger charge is 2.37. The summed E-state index contributed by atoms with van der Waals surface area (Å²) in [5, 5.41) is 23.0. The Morgan fingerprint density at radius 2 is 1.79 bits per heavy atom. The van der Waals surface area contributed by atoms with E-state index in [0.29, 0.717) is 54.0 Å². The molecule has 0 radical (unpaired) electrons. The minimum absolute atomic E-state index is 0.0924. The van der Waals surface area contributed by atoms with Gasteiger partial charge in [0.1, 0.15) is 11.7 Å². The second-order valence-electron chi connectivity index (χ2n) is 9.70. The van der Waals surface area contributed by atoms with Gasteiger partial charge < -0.3 is 25.5 Å². The topological polar surface area (TPSA) is 133 Å². The van der Waals surface area contributed by atoms with Crippen molar-refractivity contribution in [2.24, 2.45) is 5.73 Å². The van der Waals surface area contributed by atoms with Crippen LogP contribution in [0.2, 0.25) is 0 Å². The van der Waals surface area contributed by atoms with Gasteiger partial charge >= 0.3 is 5.97 Å². The first kappa shape index (κ1) is 25.1. The Hall–Kier alpha value is -4.61. The van der Waals surface area contributed by atoms with Crippen LogP contribution in [0.3, 0.4) is 0 Å². The van der Waals surface area contributed by atoms with Crippen molar-refractivity contribution in [3.05, 3.63) is 105 Å². The van der Waals surface area contributed by atoms with Gasteiger partial charge in [-0.15, -0.1) is 0 Å². The summed E-state index contributed by atoms with van der Waals surface area (Å²) in [6.45, 7) is 2.96.